The highest BCUT2D eigenvalue weighted by atomic mass is 15.3. The average molecular weight is 187 g/mol. The lowest BCUT2D eigenvalue weighted by atomic mass is 10.1. The van der Waals surface area contributed by atoms with Crippen LogP contribution < -0.4 is 0 Å². The zero-order chi connectivity index (χ0) is 10.1. The van der Waals surface area contributed by atoms with Crippen molar-refractivity contribution >= 4 is 0 Å². The number of pyridine rings is 1. The molecular weight excluding hydrogens is 174 g/mol. The summed E-state index contributed by atoms with van der Waals surface area (Å²) in [6, 6.07) is 4.07. The molecule has 0 unspecified atom stereocenters. The largest absolute Gasteiger partial charge is 0.272 e. The molecule has 0 aromatic carbocycles. The summed E-state index contributed by atoms with van der Waals surface area (Å²) in [4.78, 5) is 4.33. The van der Waals surface area contributed by atoms with E-state index in [-0.39, 0.29) is 0 Å². The van der Waals surface area contributed by atoms with Gasteiger partial charge in [-0.3, -0.25) is 9.67 Å². The van der Waals surface area contributed by atoms with E-state index >= 15 is 0 Å². The normalized spacial score (nSPS) is 10.5. The predicted octanol–water partition coefficient (Wildman–Crippen LogP) is 2.10. The number of hydrogen-bond acceptors (Lipinski definition) is 2. The molecule has 0 N–H and O–H groups in total. The summed E-state index contributed by atoms with van der Waals surface area (Å²) in [5.74, 6) is 0. The topological polar surface area (TPSA) is 30.7 Å². The molecule has 2 aromatic rings. The summed E-state index contributed by atoms with van der Waals surface area (Å²) >= 11 is 0. The average Bonchev–Trinajstić information content (AvgIpc) is 2.48. The minimum absolute atomic E-state index is 0.996. The third-order valence-corrected chi connectivity index (χ3v) is 2.43. The molecule has 0 saturated carbocycles. The van der Waals surface area contributed by atoms with Gasteiger partial charge in [0.15, 0.2) is 0 Å². The maximum atomic E-state index is 4.33. The van der Waals surface area contributed by atoms with Gasteiger partial charge >= 0.3 is 0 Å². The van der Waals surface area contributed by atoms with Crippen LogP contribution in [0.5, 0.6) is 0 Å². The highest BCUT2D eigenvalue weighted by molar-refractivity contribution is 5.61. The molecule has 3 nitrogen and oxygen atoms in total. The third kappa shape index (κ3) is 1.41. The van der Waals surface area contributed by atoms with Crippen molar-refractivity contribution in [2.24, 2.45) is 7.05 Å². The van der Waals surface area contributed by atoms with Crippen LogP contribution in [0, 0.1) is 13.8 Å². The number of rotatable bonds is 1. The first-order valence-electron chi connectivity index (χ1n) is 4.60. The van der Waals surface area contributed by atoms with Gasteiger partial charge in [-0.05, 0) is 31.5 Å². The number of aryl methyl sites for hydroxylation is 2. The van der Waals surface area contributed by atoms with Crippen molar-refractivity contribution in [3.8, 4) is 11.3 Å². The summed E-state index contributed by atoms with van der Waals surface area (Å²) < 4.78 is 1.86. The molecule has 2 heterocycles. The van der Waals surface area contributed by atoms with Crippen LogP contribution in [-0.2, 0) is 7.05 Å². The molecule has 0 saturated heterocycles. The highest BCUT2D eigenvalue weighted by Crippen LogP contribution is 2.20. The summed E-state index contributed by atoms with van der Waals surface area (Å²) in [6.45, 7) is 4.11. The lowest BCUT2D eigenvalue weighted by Crippen LogP contribution is -1.93. The van der Waals surface area contributed by atoms with Gasteiger partial charge in [0.1, 0.15) is 0 Å². The maximum Gasteiger partial charge on any atom is 0.0738 e. The quantitative estimate of drug-likeness (QED) is 0.684. The van der Waals surface area contributed by atoms with Crippen molar-refractivity contribution in [3.05, 3.63) is 35.8 Å². The number of nitrogens with zero attached hydrogens (tertiary/aromatic N) is 3. The van der Waals surface area contributed by atoms with E-state index in [4.69, 9.17) is 0 Å². The Kier molecular flexibility index (Phi) is 2.08. The fourth-order valence-corrected chi connectivity index (χ4v) is 1.43. The molecule has 0 atom stereocenters. The van der Waals surface area contributed by atoms with E-state index in [2.05, 4.69) is 23.1 Å². The Morgan fingerprint density at radius 3 is 2.64 bits per heavy atom. The van der Waals surface area contributed by atoms with Crippen molar-refractivity contribution in [1.82, 2.24) is 14.8 Å². The fraction of sp³-hybridized carbons (Fsp3) is 0.273. The molecule has 0 spiro atoms. The van der Waals surface area contributed by atoms with E-state index in [0.29, 0.717) is 0 Å². The number of hydrogen-bond donors (Lipinski definition) is 0. The molecule has 0 fully saturated rings. The smallest absolute Gasteiger partial charge is 0.0738 e. The van der Waals surface area contributed by atoms with Crippen molar-refractivity contribution < 1.29 is 0 Å². The first-order chi connectivity index (χ1) is 6.68. The standard InChI is InChI=1S/C11H13N3/c1-8-4-5-12-11(6-8)10-7-13-14(3)9(10)2/h4-7H,1-3H3. The van der Waals surface area contributed by atoms with Gasteiger partial charge in [-0.1, -0.05) is 0 Å². The third-order valence-electron chi connectivity index (χ3n) is 2.43. The van der Waals surface area contributed by atoms with Gasteiger partial charge in [0.2, 0.25) is 0 Å². The Morgan fingerprint density at radius 2 is 2.07 bits per heavy atom. The van der Waals surface area contributed by atoms with Crippen LogP contribution in [0.3, 0.4) is 0 Å². The molecule has 0 aliphatic rings. The molecule has 0 amide bonds. The Hall–Kier alpha value is -1.64. The van der Waals surface area contributed by atoms with Crippen molar-refractivity contribution in [1.29, 1.82) is 0 Å². The molecule has 0 bridgehead atoms. The zero-order valence-corrected chi connectivity index (χ0v) is 8.65. The van der Waals surface area contributed by atoms with Crippen LogP contribution in [0.15, 0.2) is 24.5 Å². The van der Waals surface area contributed by atoms with E-state index in [0.717, 1.165) is 17.0 Å². The Balaban J connectivity index is 2.55. The first-order valence-corrected chi connectivity index (χ1v) is 4.60. The van der Waals surface area contributed by atoms with E-state index in [1.54, 1.807) is 0 Å². The van der Waals surface area contributed by atoms with Crippen LogP contribution in [0.4, 0.5) is 0 Å². The van der Waals surface area contributed by atoms with Crippen LogP contribution in [-0.4, -0.2) is 14.8 Å². The Labute approximate surface area is 83.4 Å². The molecular formula is C11H13N3. The molecule has 2 aromatic heterocycles. The second-order valence-electron chi connectivity index (χ2n) is 3.49. The monoisotopic (exact) mass is 187 g/mol. The van der Waals surface area contributed by atoms with Gasteiger partial charge in [0, 0.05) is 24.5 Å². The zero-order valence-electron chi connectivity index (χ0n) is 8.65. The maximum absolute atomic E-state index is 4.33. The molecule has 2 rings (SSSR count). The van der Waals surface area contributed by atoms with E-state index in [1.165, 1.54) is 5.56 Å². The van der Waals surface area contributed by atoms with Gasteiger partial charge in [0.25, 0.3) is 0 Å². The minimum Gasteiger partial charge on any atom is -0.272 e. The van der Waals surface area contributed by atoms with Gasteiger partial charge in [-0.15, -0.1) is 0 Å². The Morgan fingerprint density at radius 1 is 1.29 bits per heavy atom. The van der Waals surface area contributed by atoms with E-state index in [9.17, 15) is 0 Å². The van der Waals surface area contributed by atoms with Crippen LogP contribution in [0.2, 0.25) is 0 Å². The Bertz CT molecular complexity index is 457. The lowest BCUT2D eigenvalue weighted by molar-refractivity contribution is 0.740. The molecule has 0 aliphatic heterocycles. The highest BCUT2D eigenvalue weighted by Gasteiger charge is 2.06. The second-order valence-corrected chi connectivity index (χ2v) is 3.49. The van der Waals surface area contributed by atoms with Crippen LogP contribution >= 0.6 is 0 Å². The molecule has 3 heteroatoms. The lowest BCUT2D eigenvalue weighted by Gasteiger charge is -2.00. The van der Waals surface area contributed by atoms with Gasteiger partial charge in [-0.25, -0.2) is 0 Å². The fourth-order valence-electron chi connectivity index (χ4n) is 1.43. The summed E-state index contributed by atoms with van der Waals surface area (Å²) in [7, 11) is 1.94. The predicted molar refractivity (Wildman–Crippen MR) is 55.9 cm³/mol. The summed E-state index contributed by atoms with van der Waals surface area (Å²) in [5, 5.41) is 4.20. The summed E-state index contributed by atoms with van der Waals surface area (Å²) in [6.07, 6.45) is 3.69. The SMILES string of the molecule is Cc1ccnc(-c2cnn(C)c2C)c1. The van der Waals surface area contributed by atoms with E-state index < -0.39 is 0 Å². The summed E-state index contributed by atoms with van der Waals surface area (Å²) in [5.41, 5.74) is 4.47. The molecule has 72 valence electrons. The van der Waals surface area contributed by atoms with Crippen molar-refractivity contribution in [2.75, 3.05) is 0 Å². The van der Waals surface area contributed by atoms with Crippen molar-refractivity contribution in [3.63, 3.8) is 0 Å². The molecule has 0 radical (unpaired) electrons. The van der Waals surface area contributed by atoms with E-state index in [1.807, 2.05) is 37.1 Å². The van der Waals surface area contributed by atoms with Gasteiger partial charge < -0.3 is 0 Å². The van der Waals surface area contributed by atoms with Crippen LogP contribution in [0.1, 0.15) is 11.3 Å². The second kappa shape index (κ2) is 3.25. The minimum atomic E-state index is 0.996. The first kappa shape index (κ1) is 8.94. The molecule has 14 heavy (non-hydrogen) atoms. The van der Waals surface area contributed by atoms with Crippen LogP contribution in [0.25, 0.3) is 11.3 Å². The number of aromatic nitrogens is 3. The van der Waals surface area contributed by atoms with Gasteiger partial charge in [-0.2, -0.15) is 5.10 Å². The van der Waals surface area contributed by atoms with Crippen molar-refractivity contribution in [2.45, 2.75) is 13.8 Å². The van der Waals surface area contributed by atoms with Gasteiger partial charge in [0.05, 0.1) is 11.9 Å². The molecule has 0 aliphatic carbocycles.